The molecule has 1 heterocycles. The van der Waals surface area contributed by atoms with E-state index in [2.05, 4.69) is 0 Å². The fourth-order valence-electron chi connectivity index (χ4n) is 1.83. The van der Waals surface area contributed by atoms with Crippen LogP contribution >= 0.6 is 11.6 Å². The summed E-state index contributed by atoms with van der Waals surface area (Å²) >= 11 is 5.86. The van der Waals surface area contributed by atoms with Gasteiger partial charge in [-0.1, -0.05) is 11.6 Å². The van der Waals surface area contributed by atoms with Crippen LogP contribution in [0.5, 0.6) is 5.75 Å². The van der Waals surface area contributed by atoms with Crippen LogP contribution in [0, 0.1) is 5.82 Å². The van der Waals surface area contributed by atoms with E-state index in [1.807, 2.05) is 13.8 Å². The van der Waals surface area contributed by atoms with Gasteiger partial charge in [0.2, 0.25) is 0 Å². The van der Waals surface area contributed by atoms with E-state index in [4.69, 9.17) is 16.3 Å². The number of fused-ring (bicyclic) bond motifs is 1. The first-order valence-corrected chi connectivity index (χ1v) is 5.13. The second kappa shape index (κ2) is 3.35. The Morgan fingerprint density at radius 1 is 1.53 bits per heavy atom. The van der Waals surface area contributed by atoms with Crippen LogP contribution in [-0.2, 0) is 0 Å². The molecule has 1 aromatic carbocycles. The highest BCUT2D eigenvalue weighted by atomic mass is 35.5. The number of ether oxygens (including phenoxy) is 1. The minimum absolute atomic E-state index is 0.205. The van der Waals surface area contributed by atoms with Crippen molar-refractivity contribution in [3.63, 3.8) is 0 Å². The standard InChI is InChI=1S/C11H12ClFO2/c1-11(2)5-9(14)7-3-6(13)4-8(12)10(7)15-11/h3-4,9,14H,5H2,1-2H3. The molecule has 4 heteroatoms. The molecule has 1 aliphatic heterocycles. The predicted octanol–water partition coefficient (Wildman–Crippen LogP) is 3.07. The number of halogens is 2. The molecule has 1 unspecified atom stereocenters. The molecule has 0 aliphatic carbocycles. The highest BCUT2D eigenvalue weighted by Gasteiger charge is 2.34. The fourth-order valence-corrected chi connectivity index (χ4v) is 2.08. The van der Waals surface area contributed by atoms with E-state index in [0.717, 1.165) is 0 Å². The Morgan fingerprint density at radius 3 is 2.87 bits per heavy atom. The van der Waals surface area contributed by atoms with Crippen LogP contribution in [0.2, 0.25) is 5.02 Å². The average Bonchev–Trinajstić information content (AvgIpc) is 2.06. The lowest BCUT2D eigenvalue weighted by molar-refractivity contribution is 0.0113. The van der Waals surface area contributed by atoms with Gasteiger partial charge in [0.25, 0.3) is 0 Å². The first kappa shape index (κ1) is 10.7. The van der Waals surface area contributed by atoms with Gasteiger partial charge in [-0.25, -0.2) is 4.39 Å². The van der Waals surface area contributed by atoms with Crippen LogP contribution in [0.1, 0.15) is 31.9 Å². The number of hydrogen-bond donors (Lipinski definition) is 1. The Balaban J connectivity index is 2.55. The zero-order valence-electron chi connectivity index (χ0n) is 8.55. The predicted molar refractivity (Wildman–Crippen MR) is 55.7 cm³/mol. The van der Waals surface area contributed by atoms with Crippen molar-refractivity contribution < 1.29 is 14.2 Å². The minimum Gasteiger partial charge on any atom is -0.486 e. The third-order valence-electron chi connectivity index (χ3n) is 2.46. The lowest BCUT2D eigenvalue weighted by atomic mass is 9.92. The molecule has 0 radical (unpaired) electrons. The largest absolute Gasteiger partial charge is 0.486 e. The van der Waals surface area contributed by atoms with Gasteiger partial charge in [0, 0.05) is 12.0 Å². The van der Waals surface area contributed by atoms with Gasteiger partial charge >= 0.3 is 0 Å². The molecule has 0 saturated carbocycles. The maximum Gasteiger partial charge on any atom is 0.144 e. The SMILES string of the molecule is CC1(C)CC(O)c2cc(F)cc(Cl)c2O1. The molecular formula is C11H12ClFO2. The van der Waals surface area contributed by atoms with Crippen molar-refractivity contribution >= 4 is 11.6 Å². The van der Waals surface area contributed by atoms with Crippen molar-refractivity contribution in [1.29, 1.82) is 0 Å². The van der Waals surface area contributed by atoms with Crippen molar-refractivity contribution in [2.24, 2.45) is 0 Å². The molecule has 0 fully saturated rings. The van der Waals surface area contributed by atoms with Crippen molar-refractivity contribution in [3.8, 4) is 5.75 Å². The normalized spacial score (nSPS) is 23.1. The van der Waals surface area contributed by atoms with Gasteiger partial charge in [-0.3, -0.25) is 0 Å². The Bertz CT molecular complexity index is 404. The van der Waals surface area contributed by atoms with E-state index >= 15 is 0 Å². The highest BCUT2D eigenvalue weighted by Crippen LogP contribution is 2.43. The first-order chi connectivity index (χ1) is 6.89. The summed E-state index contributed by atoms with van der Waals surface area (Å²) in [5, 5.41) is 10.0. The summed E-state index contributed by atoms with van der Waals surface area (Å²) in [7, 11) is 0. The Hall–Kier alpha value is -0.800. The highest BCUT2D eigenvalue weighted by molar-refractivity contribution is 6.32. The van der Waals surface area contributed by atoms with Gasteiger partial charge in [0.1, 0.15) is 17.2 Å². The molecule has 0 aromatic heterocycles. The molecule has 2 rings (SSSR count). The number of aliphatic hydroxyl groups excluding tert-OH is 1. The molecule has 1 N–H and O–H groups in total. The molecule has 82 valence electrons. The molecule has 1 atom stereocenters. The third kappa shape index (κ3) is 1.94. The number of hydrogen-bond acceptors (Lipinski definition) is 2. The number of benzene rings is 1. The van der Waals surface area contributed by atoms with Crippen molar-refractivity contribution in [1.82, 2.24) is 0 Å². The summed E-state index contributed by atoms with van der Waals surface area (Å²) < 4.78 is 18.7. The first-order valence-electron chi connectivity index (χ1n) is 4.75. The number of aliphatic hydroxyl groups is 1. The van der Waals surface area contributed by atoms with Gasteiger partial charge in [-0.05, 0) is 26.0 Å². The summed E-state index contributed by atoms with van der Waals surface area (Å²) in [5.41, 5.74) is -0.0484. The molecule has 0 saturated heterocycles. The van der Waals surface area contributed by atoms with Crippen LogP contribution < -0.4 is 4.74 Å². The zero-order valence-corrected chi connectivity index (χ0v) is 9.31. The van der Waals surface area contributed by atoms with Crippen LogP contribution in [-0.4, -0.2) is 10.7 Å². The third-order valence-corrected chi connectivity index (χ3v) is 2.74. The minimum atomic E-state index is -0.725. The van der Waals surface area contributed by atoms with Crippen LogP contribution in [0.15, 0.2) is 12.1 Å². The molecule has 15 heavy (non-hydrogen) atoms. The second-order valence-corrected chi connectivity index (χ2v) is 4.79. The molecule has 0 amide bonds. The maximum absolute atomic E-state index is 13.1. The van der Waals surface area contributed by atoms with E-state index in [1.54, 1.807) is 0 Å². The summed E-state index contributed by atoms with van der Waals surface area (Å²) in [6, 6.07) is 2.45. The molecule has 2 nitrogen and oxygen atoms in total. The molecule has 1 aliphatic rings. The second-order valence-electron chi connectivity index (χ2n) is 4.39. The van der Waals surface area contributed by atoms with Crippen molar-refractivity contribution in [2.45, 2.75) is 32.0 Å². The van der Waals surface area contributed by atoms with Crippen LogP contribution in [0.3, 0.4) is 0 Å². The topological polar surface area (TPSA) is 29.5 Å². The summed E-state index contributed by atoms with van der Waals surface area (Å²) in [4.78, 5) is 0. The van der Waals surface area contributed by atoms with Gasteiger partial charge in [-0.15, -0.1) is 0 Å². The zero-order chi connectivity index (χ0) is 11.2. The van der Waals surface area contributed by atoms with E-state index < -0.39 is 17.5 Å². The Morgan fingerprint density at radius 2 is 2.20 bits per heavy atom. The van der Waals surface area contributed by atoms with E-state index in [1.165, 1.54) is 12.1 Å². The van der Waals surface area contributed by atoms with Gasteiger partial charge in [0.05, 0.1) is 11.1 Å². The summed E-state index contributed by atoms with van der Waals surface area (Å²) in [5.74, 6) is -0.0667. The maximum atomic E-state index is 13.1. The lowest BCUT2D eigenvalue weighted by Crippen LogP contribution is -2.35. The molecule has 0 spiro atoms. The van der Waals surface area contributed by atoms with E-state index in [0.29, 0.717) is 17.7 Å². The number of rotatable bonds is 0. The monoisotopic (exact) mass is 230 g/mol. The molecule has 0 bridgehead atoms. The van der Waals surface area contributed by atoms with Crippen LogP contribution in [0.4, 0.5) is 4.39 Å². The Kier molecular flexibility index (Phi) is 2.40. The fraction of sp³-hybridized carbons (Fsp3) is 0.455. The van der Waals surface area contributed by atoms with Gasteiger partial charge in [0.15, 0.2) is 0 Å². The van der Waals surface area contributed by atoms with Gasteiger partial charge < -0.3 is 9.84 Å². The lowest BCUT2D eigenvalue weighted by Gasteiger charge is -2.35. The Labute approximate surface area is 92.6 Å². The van der Waals surface area contributed by atoms with Gasteiger partial charge in [-0.2, -0.15) is 0 Å². The van der Waals surface area contributed by atoms with Crippen LogP contribution in [0.25, 0.3) is 0 Å². The summed E-state index contributed by atoms with van der Waals surface area (Å²) in [6.07, 6.45) is -0.295. The van der Waals surface area contributed by atoms with E-state index in [-0.39, 0.29) is 5.02 Å². The molecule has 1 aromatic rings. The smallest absolute Gasteiger partial charge is 0.144 e. The molecular weight excluding hydrogens is 219 g/mol. The quantitative estimate of drug-likeness (QED) is 0.742. The van der Waals surface area contributed by atoms with Crippen molar-refractivity contribution in [3.05, 3.63) is 28.5 Å². The summed E-state index contributed by atoms with van der Waals surface area (Å²) in [6.45, 7) is 3.72. The van der Waals surface area contributed by atoms with E-state index in [9.17, 15) is 9.50 Å². The average molecular weight is 231 g/mol. The van der Waals surface area contributed by atoms with Crippen molar-refractivity contribution in [2.75, 3.05) is 0 Å².